The lowest BCUT2D eigenvalue weighted by molar-refractivity contribution is -0.116. The minimum absolute atomic E-state index is 0.195. The second-order valence-electron chi connectivity index (χ2n) is 7.03. The zero-order valence-corrected chi connectivity index (χ0v) is 17.6. The number of urea groups is 1. The van der Waals surface area contributed by atoms with Crippen LogP contribution < -0.4 is 27.2 Å². The van der Waals surface area contributed by atoms with Crippen LogP contribution in [-0.2, 0) is 25.4 Å². The number of carbonyl (C=O) groups is 2. The Morgan fingerprint density at radius 1 is 1.06 bits per heavy atom. The molecular formula is C20H25N7O4. The highest BCUT2D eigenvalue weighted by Gasteiger charge is 2.14. The lowest BCUT2D eigenvalue weighted by Gasteiger charge is -2.10. The average molecular weight is 427 g/mol. The number of hydrogen-bond acceptors (Lipinski definition) is 5. The lowest BCUT2D eigenvalue weighted by Crippen LogP contribution is -2.37. The minimum atomic E-state index is -0.439. The van der Waals surface area contributed by atoms with Gasteiger partial charge in [0.1, 0.15) is 0 Å². The fourth-order valence-electron chi connectivity index (χ4n) is 3.21. The van der Waals surface area contributed by atoms with Crippen molar-refractivity contribution >= 4 is 34.5 Å². The third-order valence-corrected chi connectivity index (χ3v) is 4.76. The van der Waals surface area contributed by atoms with Gasteiger partial charge in [-0.15, -0.1) is 0 Å². The van der Waals surface area contributed by atoms with Crippen LogP contribution >= 0.6 is 0 Å². The predicted molar refractivity (Wildman–Crippen MR) is 117 cm³/mol. The summed E-state index contributed by atoms with van der Waals surface area (Å²) in [5.41, 5.74) is 0.914. The van der Waals surface area contributed by atoms with Crippen molar-refractivity contribution in [2.75, 3.05) is 17.2 Å². The van der Waals surface area contributed by atoms with Crippen molar-refractivity contribution in [3.63, 3.8) is 0 Å². The summed E-state index contributed by atoms with van der Waals surface area (Å²) in [6, 6.07) is 6.54. The van der Waals surface area contributed by atoms with Gasteiger partial charge in [-0.1, -0.05) is 6.07 Å². The number of rotatable bonds is 7. The number of aromatic nitrogens is 4. The Bertz CT molecular complexity index is 1240. The highest BCUT2D eigenvalue weighted by atomic mass is 16.2. The molecule has 3 amide bonds. The zero-order valence-electron chi connectivity index (χ0n) is 17.6. The topological polar surface area (TPSA) is 132 Å². The number of carbonyl (C=O) groups excluding carboxylic acids is 2. The van der Waals surface area contributed by atoms with E-state index in [-0.39, 0.29) is 18.4 Å². The number of nitrogens with one attached hydrogen (secondary N) is 3. The first kappa shape index (κ1) is 21.8. The van der Waals surface area contributed by atoms with E-state index in [1.807, 2.05) is 6.92 Å². The Kier molecular flexibility index (Phi) is 6.53. The standard InChI is InChI=1S/C20H25N7O4/c1-4-21-19(30)24-14-8-5-7-13(11-14)23-15(28)9-6-10-27-12-22-17-16(27)18(29)26(3)20(31)25(17)2/h5,7-8,11-12H,4,6,9-10H2,1-3H3,(H,23,28)(H2,21,24,30). The van der Waals surface area contributed by atoms with Crippen LogP contribution in [0.5, 0.6) is 0 Å². The van der Waals surface area contributed by atoms with Gasteiger partial charge in [-0.25, -0.2) is 14.6 Å². The molecule has 3 aromatic rings. The van der Waals surface area contributed by atoms with Gasteiger partial charge in [-0.05, 0) is 31.5 Å². The van der Waals surface area contributed by atoms with Gasteiger partial charge in [0.25, 0.3) is 5.56 Å². The van der Waals surface area contributed by atoms with Crippen LogP contribution in [0, 0.1) is 0 Å². The van der Waals surface area contributed by atoms with Crippen molar-refractivity contribution in [2.45, 2.75) is 26.3 Å². The number of aryl methyl sites for hydroxylation is 2. The van der Waals surface area contributed by atoms with Crippen molar-refractivity contribution in [3.05, 3.63) is 51.4 Å². The number of amides is 3. The van der Waals surface area contributed by atoms with E-state index >= 15 is 0 Å². The summed E-state index contributed by atoms with van der Waals surface area (Å²) in [4.78, 5) is 52.5. The molecule has 0 unspecified atom stereocenters. The molecule has 0 aliphatic heterocycles. The number of hydrogen-bond donors (Lipinski definition) is 3. The Morgan fingerprint density at radius 2 is 1.77 bits per heavy atom. The summed E-state index contributed by atoms with van der Waals surface area (Å²) in [5, 5.41) is 8.12. The summed E-state index contributed by atoms with van der Waals surface area (Å²) in [6.07, 6.45) is 2.19. The molecule has 0 spiro atoms. The van der Waals surface area contributed by atoms with Gasteiger partial charge in [0.2, 0.25) is 5.91 Å². The van der Waals surface area contributed by atoms with E-state index < -0.39 is 11.2 Å². The summed E-state index contributed by atoms with van der Waals surface area (Å²) < 4.78 is 4.01. The smallest absolute Gasteiger partial charge is 0.332 e. The van der Waals surface area contributed by atoms with Gasteiger partial charge < -0.3 is 20.5 Å². The molecule has 0 radical (unpaired) electrons. The van der Waals surface area contributed by atoms with Gasteiger partial charge in [0.05, 0.1) is 6.33 Å². The van der Waals surface area contributed by atoms with E-state index in [4.69, 9.17) is 0 Å². The van der Waals surface area contributed by atoms with Crippen molar-refractivity contribution < 1.29 is 9.59 Å². The van der Waals surface area contributed by atoms with Crippen LogP contribution in [0.1, 0.15) is 19.8 Å². The Morgan fingerprint density at radius 3 is 2.48 bits per heavy atom. The summed E-state index contributed by atoms with van der Waals surface area (Å²) in [5.74, 6) is -0.195. The fourth-order valence-corrected chi connectivity index (χ4v) is 3.21. The van der Waals surface area contributed by atoms with Gasteiger partial charge >= 0.3 is 11.7 Å². The molecule has 0 saturated carbocycles. The monoisotopic (exact) mass is 427 g/mol. The van der Waals surface area contributed by atoms with E-state index in [0.29, 0.717) is 42.0 Å². The highest BCUT2D eigenvalue weighted by molar-refractivity contribution is 5.93. The maximum atomic E-state index is 12.4. The lowest BCUT2D eigenvalue weighted by atomic mass is 10.2. The molecular weight excluding hydrogens is 402 g/mol. The predicted octanol–water partition coefficient (Wildman–Crippen LogP) is 0.994. The van der Waals surface area contributed by atoms with Crippen LogP contribution in [0.4, 0.5) is 16.2 Å². The first-order valence-corrected chi connectivity index (χ1v) is 9.87. The molecule has 0 aliphatic rings. The van der Waals surface area contributed by atoms with Crippen molar-refractivity contribution in [1.82, 2.24) is 24.0 Å². The number of fused-ring (bicyclic) bond motifs is 1. The van der Waals surface area contributed by atoms with Gasteiger partial charge in [-0.2, -0.15) is 0 Å². The second kappa shape index (κ2) is 9.28. The molecule has 2 heterocycles. The summed E-state index contributed by atoms with van der Waals surface area (Å²) in [7, 11) is 2.98. The van der Waals surface area contributed by atoms with Crippen molar-refractivity contribution in [1.29, 1.82) is 0 Å². The largest absolute Gasteiger partial charge is 0.338 e. The molecule has 1 aromatic carbocycles. The van der Waals surface area contributed by atoms with Gasteiger partial charge in [-0.3, -0.25) is 18.7 Å². The first-order chi connectivity index (χ1) is 14.8. The Labute approximate surface area is 177 Å². The van der Waals surface area contributed by atoms with Crippen molar-refractivity contribution in [2.24, 2.45) is 14.1 Å². The van der Waals surface area contributed by atoms with E-state index in [0.717, 1.165) is 4.57 Å². The maximum Gasteiger partial charge on any atom is 0.332 e. The van der Waals surface area contributed by atoms with E-state index in [2.05, 4.69) is 20.9 Å². The maximum absolute atomic E-state index is 12.4. The quantitative estimate of drug-likeness (QED) is 0.517. The second-order valence-corrected chi connectivity index (χ2v) is 7.03. The number of anilines is 2. The molecule has 0 bridgehead atoms. The van der Waals surface area contributed by atoms with Crippen LogP contribution in [0.3, 0.4) is 0 Å². The number of imidazole rings is 1. The minimum Gasteiger partial charge on any atom is -0.338 e. The Hall–Kier alpha value is -3.89. The van der Waals surface area contributed by atoms with Gasteiger partial charge in [0.15, 0.2) is 11.2 Å². The first-order valence-electron chi connectivity index (χ1n) is 9.87. The molecule has 0 aliphatic carbocycles. The molecule has 164 valence electrons. The van der Waals surface area contributed by atoms with Gasteiger partial charge in [0, 0.05) is 45.0 Å². The molecule has 11 heteroatoms. The fraction of sp³-hybridized carbons (Fsp3) is 0.350. The number of benzene rings is 1. The highest BCUT2D eigenvalue weighted by Crippen LogP contribution is 2.15. The van der Waals surface area contributed by atoms with Crippen LogP contribution in [-0.4, -0.2) is 37.2 Å². The molecule has 31 heavy (non-hydrogen) atoms. The third-order valence-electron chi connectivity index (χ3n) is 4.76. The zero-order chi connectivity index (χ0) is 22.5. The van der Waals surface area contributed by atoms with Crippen molar-refractivity contribution in [3.8, 4) is 0 Å². The SMILES string of the molecule is CCNC(=O)Nc1cccc(NC(=O)CCCn2cnc3c2c(=O)n(C)c(=O)n3C)c1. The van der Waals surface area contributed by atoms with Crippen LogP contribution in [0.2, 0.25) is 0 Å². The third kappa shape index (κ3) is 4.82. The van der Waals surface area contributed by atoms with E-state index in [9.17, 15) is 19.2 Å². The summed E-state index contributed by atoms with van der Waals surface area (Å²) >= 11 is 0. The van der Waals surface area contributed by atoms with Crippen LogP contribution in [0.25, 0.3) is 11.2 Å². The molecule has 3 rings (SSSR count). The molecule has 0 atom stereocenters. The van der Waals surface area contributed by atoms with E-state index in [1.54, 1.807) is 35.9 Å². The Balaban J connectivity index is 1.61. The molecule has 11 nitrogen and oxygen atoms in total. The van der Waals surface area contributed by atoms with E-state index in [1.165, 1.54) is 17.9 Å². The average Bonchev–Trinajstić information content (AvgIpc) is 3.15. The molecule has 3 N–H and O–H groups in total. The summed E-state index contributed by atoms with van der Waals surface area (Å²) in [6.45, 7) is 2.73. The molecule has 2 aromatic heterocycles. The normalized spacial score (nSPS) is 10.8. The molecule has 0 fully saturated rings. The molecule has 0 saturated heterocycles. The number of nitrogens with zero attached hydrogens (tertiary/aromatic N) is 4. The van der Waals surface area contributed by atoms with Crippen LogP contribution in [0.15, 0.2) is 40.2 Å².